The van der Waals surface area contributed by atoms with Crippen molar-refractivity contribution < 1.29 is 4.79 Å². The maximum Gasteiger partial charge on any atom is 0.235 e. The first kappa shape index (κ1) is 18.9. The molecule has 4 rings (SSSR count). The van der Waals surface area contributed by atoms with E-state index in [1.54, 1.807) is 17.4 Å². The van der Waals surface area contributed by atoms with Crippen molar-refractivity contribution in [2.75, 3.05) is 11.1 Å². The topological polar surface area (TPSA) is 67.8 Å². The molecule has 1 amide bonds. The van der Waals surface area contributed by atoms with Crippen LogP contribution in [-0.4, -0.2) is 26.8 Å². The Labute approximate surface area is 175 Å². The Morgan fingerprint density at radius 2 is 2.07 bits per heavy atom. The molecular formula is C20H15ClN4OS2. The molecule has 2 aromatic carbocycles. The number of hydrogen-bond donors (Lipinski definition) is 1. The van der Waals surface area contributed by atoms with E-state index < -0.39 is 0 Å². The molecule has 0 unspecified atom stereocenters. The number of thioether (sulfide) groups is 1. The van der Waals surface area contributed by atoms with Gasteiger partial charge in [0.15, 0.2) is 0 Å². The van der Waals surface area contributed by atoms with E-state index in [4.69, 9.17) is 11.6 Å². The van der Waals surface area contributed by atoms with E-state index in [9.17, 15) is 4.79 Å². The molecule has 4 aromatic rings. The number of anilines is 1. The minimum Gasteiger partial charge on any atom is -0.317 e. The number of rotatable bonds is 5. The van der Waals surface area contributed by atoms with Gasteiger partial charge in [0, 0.05) is 10.3 Å². The van der Waals surface area contributed by atoms with Crippen LogP contribution in [0.5, 0.6) is 0 Å². The molecule has 0 radical (unpaired) electrons. The van der Waals surface area contributed by atoms with Crippen molar-refractivity contribution in [1.82, 2.24) is 15.2 Å². The molecule has 2 aromatic heterocycles. The highest BCUT2D eigenvalue weighted by atomic mass is 35.5. The lowest BCUT2D eigenvalue weighted by Crippen LogP contribution is -2.13. The molecule has 0 aliphatic heterocycles. The average Bonchev–Trinajstić information content (AvgIpc) is 3.08. The number of aromatic nitrogens is 3. The van der Waals surface area contributed by atoms with Crippen molar-refractivity contribution >= 4 is 55.7 Å². The first-order chi connectivity index (χ1) is 13.6. The van der Waals surface area contributed by atoms with Crippen molar-refractivity contribution in [3.8, 4) is 11.3 Å². The number of benzene rings is 2. The zero-order chi connectivity index (χ0) is 19.5. The Morgan fingerprint density at radius 1 is 1.21 bits per heavy atom. The Kier molecular flexibility index (Phi) is 5.57. The molecule has 0 fully saturated rings. The maximum atomic E-state index is 12.4. The second-order valence-electron chi connectivity index (χ2n) is 6.08. The fourth-order valence-electron chi connectivity index (χ4n) is 2.73. The van der Waals surface area contributed by atoms with Crippen molar-refractivity contribution in [3.05, 3.63) is 65.4 Å². The Morgan fingerprint density at radius 3 is 2.93 bits per heavy atom. The minimum atomic E-state index is -0.107. The summed E-state index contributed by atoms with van der Waals surface area (Å²) in [4.78, 5) is 16.7. The van der Waals surface area contributed by atoms with Crippen LogP contribution in [-0.2, 0) is 4.79 Å². The second kappa shape index (κ2) is 8.26. The third kappa shape index (κ3) is 4.16. The van der Waals surface area contributed by atoms with Gasteiger partial charge in [-0.05, 0) is 30.5 Å². The summed E-state index contributed by atoms with van der Waals surface area (Å²) in [6, 6.07) is 15.6. The van der Waals surface area contributed by atoms with E-state index in [0.717, 1.165) is 20.7 Å². The van der Waals surface area contributed by atoms with Gasteiger partial charge in [-0.1, -0.05) is 59.3 Å². The predicted octanol–water partition coefficient (Wildman–Crippen LogP) is 5.45. The van der Waals surface area contributed by atoms with Crippen molar-refractivity contribution in [2.24, 2.45) is 0 Å². The van der Waals surface area contributed by atoms with E-state index >= 15 is 0 Å². The maximum absolute atomic E-state index is 12.4. The molecule has 0 aliphatic rings. The molecular weight excluding hydrogens is 412 g/mol. The van der Waals surface area contributed by atoms with E-state index in [1.807, 2.05) is 24.3 Å². The molecule has 0 saturated heterocycles. The van der Waals surface area contributed by atoms with Gasteiger partial charge in [-0.15, -0.1) is 21.5 Å². The molecule has 0 spiro atoms. The van der Waals surface area contributed by atoms with Crippen molar-refractivity contribution in [1.29, 1.82) is 0 Å². The van der Waals surface area contributed by atoms with Crippen LogP contribution in [0.2, 0.25) is 5.02 Å². The SMILES string of the molecule is Cc1ccc2sc(NC(=O)CSc3nncnc3-c3ccccc3Cl)cc2c1. The summed E-state index contributed by atoms with van der Waals surface area (Å²) in [5.41, 5.74) is 2.58. The van der Waals surface area contributed by atoms with E-state index in [0.29, 0.717) is 15.7 Å². The van der Waals surface area contributed by atoms with Gasteiger partial charge in [-0.3, -0.25) is 4.79 Å². The summed E-state index contributed by atoms with van der Waals surface area (Å²) < 4.78 is 1.15. The molecule has 0 bridgehead atoms. The Balaban J connectivity index is 1.47. The van der Waals surface area contributed by atoms with E-state index in [-0.39, 0.29) is 11.7 Å². The number of carbonyl (C=O) groups excluding carboxylic acids is 1. The molecule has 140 valence electrons. The van der Waals surface area contributed by atoms with Crippen LogP contribution in [0.4, 0.5) is 5.00 Å². The minimum absolute atomic E-state index is 0.107. The molecule has 5 nitrogen and oxygen atoms in total. The largest absolute Gasteiger partial charge is 0.317 e. The summed E-state index contributed by atoms with van der Waals surface area (Å²) >= 11 is 9.12. The normalized spacial score (nSPS) is 10.9. The van der Waals surface area contributed by atoms with Gasteiger partial charge < -0.3 is 5.32 Å². The lowest BCUT2D eigenvalue weighted by molar-refractivity contribution is -0.113. The number of thiophene rings is 1. The first-order valence-electron chi connectivity index (χ1n) is 8.45. The first-order valence-corrected chi connectivity index (χ1v) is 10.6. The fraction of sp³-hybridized carbons (Fsp3) is 0.100. The quantitative estimate of drug-likeness (QED) is 0.430. The number of nitrogens with zero attached hydrogens (tertiary/aromatic N) is 3. The molecule has 8 heteroatoms. The molecule has 28 heavy (non-hydrogen) atoms. The molecule has 0 atom stereocenters. The number of amides is 1. The van der Waals surface area contributed by atoms with Gasteiger partial charge >= 0.3 is 0 Å². The highest BCUT2D eigenvalue weighted by molar-refractivity contribution is 8.00. The van der Waals surface area contributed by atoms with Gasteiger partial charge in [0.1, 0.15) is 17.0 Å². The lowest BCUT2D eigenvalue weighted by Gasteiger charge is -2.07. The molecule has 0 saturated carbocycles. The summed E-state index contributed by atoms with van der Waals surface area (Å²) in [6.07, 6.45) is 1.38. The number of hydrogen-bond acceptors (Lipinski definition) is 6. The van der Waals surface area contributed by atoms with Gasteiger partial charge in [0.05, 0.1) is 15.8 Å². The van der Waals surface area contributed by atoms with E-state index in [1.165, 1.54) is 23.7 Å². The van der Waals surface area contributed by atoms with Crippen LogP contribution < -0.4 is 5.32 Å². The van der Waals surface area contributed by atoms with Crippen molar-refractivity contribution in [2.45, 2.75) is 11.9 Å². The van der Waals surface area contributed by atoms with Crippen LogP contribution in [0.3, 0.4) is 0 Å². The van der Waals surface area contributed by atoms with Crippen LogP contribution in [0.25, 0.3) is 21.3 Å². The van der Waals surface area contributed by atoms with Crippen LogP contribution in [0, 0.1) is 6.92 Å². The fourth-order valence-corrected chi connectivity index (χ4v) is 4.66. The predicted molar refractivity (Wildman–Crippen MR) is 116 cm³/mol. The number of aryl methyl sites for hydroxylation is 1. The number of halogens is 1. The van der Waals surface area contributed by atoms with Crippen LogP contribution >= 0.6 is 34.7 Å². The van der Waals surface area contributed by atoms with Gasteiger partial charge in [0.2, 0.25) is 5.91 Å². The monoisotopic (exact) mass is 426 g/mol. The Bertz CT molecular complexity index is 1160. The highest BCUT2D eigenvalue weighted by Gasteiger charge is 2.14. The van der Waals surface area contributed by atoms with Crippen molar-refractivity contribution in [3.63, 3.8) is 0 Å². The number of fused-ring (bicyclic) bond motifs is 1. The average molecular weight is 427 g/mol. The van der Waals surface area contributed by atoms with Gasteiger partial charge in [0.25, 0.3) is 0 Å². The summed E-state index contributed by atoms with van der Waals surface area (Å²) in [5, 5.41) is 14.0. The smallest absolute Gasteiger partial charge is 0.235 e. The standard InChI is InChI=1S/C20H15ClN4OS2/c1-12-6-7-16-13(8-12)9-18(28-16)24-17(26)10-27-20-19(22-11-23-25-20)14-4-2-3-5-15(14)21/h2-9,11H,10H2,1H3,(H,24,26). The second-order valence-corrected chi connectivity index (χ2v) is 8.54. The third-order valence-corrected chi connectivity index (χ3v) is 6.31. The van der Waals surface area contributed by atoms with E-state index in [2.05, 4.69) is 45.6 Å². The molecule has 2 heterocycles. The van der Waals surface area contributed by atoms with Crippen LogP contribution in [0.1, 0.15) is 5.56 Å². The summed E-state index contributed by atoms with van der Waals surface area (Å²) in [7, 11) is 0. The van der Waals surface area contributed by atoms with Gasteiger partial charge in [-0.2, -0.15) is 0 Å². The summed E-state index contributed by atoms with van der Waals surface area (Å²) in [5.74, 6) is 0.0921. The third-order valence-electron chi connectivity index (χ3n) is 3.99. The number of carbonyl (C=O) groups is 1. The zero-order valence-corrected chi connectivity index (χ0v) is 17.2. The summed E-state index contributed by atoms with van der Waals surface area (Å²) in [6.45, 7) is 2.05. The van der Waals surface area contributed by atoms with Gasteiger partial charge in [-0.25, -0.2) is 4.98 Å². The lowest BCUT2D eigenvalue weighted by atomic mass is 10.2. The number of nitrogens with one attached hydrogen (secondary N) is 1. The molecule has 1 N–H and O–H groups in total. The molecule has 0 aliphatic carbocycles. The van der Waals surface area contributed by atoms with Crippen LogP contribution in [0.15, 0.2) is 59.9 Å². The Hall–Kier alpha value is -2.48. The zero-order valence-electron chi connectivity index (χ0n) is 14.8. The highest BCUT2D eigenvalue weighted by Crippen LogP contribution is 2.33.